The third-order valence-electron chi connectivity index (χ3n) is 5.09. The van der Waals surface area contributed by atoms with Crippen molar-refractivity contribution >= 4 is 28.4 Å². The summed E-state index contributed by atoms with van der Waals surface area (Å²) in [5.74, 6) is 0.441. The number of hydrogen-bond donors (Lipinski definition) is 0. The molecule has 1 aliphatic heterocycles. The lowest BCUT2D eigenvalue weighted by atomic mass is 10.1. The van der Waals surface area contributed by atoms with Crippen molar-refractivity contribution < 1.29 is 14.3 Å². The zero-order chi connectivity index (χ0) is 19.8. The molecule has 2 aromatic carbocycles. The summed E-state index contributed by atoms with van der Waals surface area (Å²) in [6.07, 6.45) is 0.826. The second-order valence-electron chi connectivity index (χ2n) is 7.11. The molecule has 7 nitrogen and oxygen atoms in total. The largest absolute Gasteiger partial charge is 0.482 e. The number of anilines is 1. The minimum Gasteiger partial charge on any atom is -0.482 e. The summed E-state index contributed by atoms with van der Waals surface area (Å²) in [5, 5.41) is 8.32. The molecule has 28 heavy (non-hydrogen) atoms. The van der Waals surface area contributed by atoms with E-state index < -0.39 is 0 Å². The molecule has 0 N–H and O–H groups in total. The second-order valence-corrected chi connectivity index (χ2v) is 7.11. The molecule has 1 amide bonds. The van der Waals surface area contributed by atoms with E-state index in [0.29, 0.717) is 23.5 Å². The van der Waals surface area contributed by atoms with Gasteiger partial charge in [-0.15, -0.1) is 5.10 Å². The third-order valence-corrected chi connectivity index (χ3v) is 5.09. The highest BCUT2D eigenvalue weighted by atomic mass is 16.5. The van der Waals surface area contributed by atoms with Gasteiger partial charge in [0.15, 0.2) is 12.4 Å². The van der Waals surface area contributed by atoms with Crippen LogP contribution < -0.4 is 9.64 Å². The van der Waals surface area contributed by atoms with E-state index in [-0.39, 0.29) is 24.8 Å². The van der Waals surface area contributed by atoms with Gasteiger partial charge in [0.1, 0.15) is 17.8 Å². The van der Waals surface area contributed by atoms with Crippen LogP contribution in [-0.2, 0) is 11.3 Å². The van der Waals surface area contributed by atoms with Gasteiger partial charge >= 0.3 is 0 Å². The predicted molar refractivity (Wildman–Crippen MR) is 106 cm³/mol. The van der Waals surface area contributed by atoms with E-state index in [1.165, 1.54) is 0 Å². The number of aryl methyl sites for hydroxylation is 2. The van der Waals surface area contributed by atoms with Crippen LogP contribution in [0, 0.1) is 13.8 Å². The number of aromatic nitrogens is 3. The van der Waals surface area contributed by atoms with Crippen molar-refractivity contribution in [3.63, 3.8) is 0 Å². The van der Waals surface area contributed by atoms with Crippen LogP contribution in [0.2, 0.25) is 0 Å². The Morgan fingerprint density at radius 3 is 2.75 bits per heavy atom. The lowest BCUT2D eigenvalue weighted by Gasteiger charge is -2.29. The molecule has 1 aromatic heterocycles. The van der Waals surface area contributed by atoms with Crippen molar-refractivity contribution in [3.05, 3.63) is 47.0 Å². The molecule has 0 bridgehead atoms. The van der Waals surface area contributed by atoms with E-state index in [0.717, 1.165) is 28.6 Å². The molecule has 3 aromatic rings. The van der Waals surface area contributed by atoms with Gasteiger partial charge in [-0.2, -0.15) is 0 Å². The van der Waals surface area contributed by atoms with Crippen molar-refractivity contribution in [2.75, 3.05) is 18.1 Å². The van der Waals surface area contributed by atoms with Gasteiger partial charge in [-0.1, -0.05) is 12.1 Å². The molecule has 0 unspecified atom stereocenters. The molecule has 0 saturated heterocycles. The van der Waals surface area contributed by atoms with Gasteiger partial charge < -0.3 is 9.64 Å². The van der Waals surface area contributed by atoms with E-state index in [2.05, 4.69) is 10.3 Å². The van der Waals surface area contributed by atoms with E-state index in [1.54, 1.807) is 27.8 Å². The minimum absolute atomic E-state index is 0.0318. The molecule has 1 aliphatic rings. The smallest absolute Gasteiger partial charge is 0.265 e. The summed E-state index contributed by atoms with van der Waals surface area (Å²) in [6, 6.07) is 9.20. The number of Topliss-reactive ketones (excluding diaryl/α,β-unsaturated/α-hetero) is 1. The summed E-state index contributed by atoms with van der Waals surface area (Å²) in [6.45, 7) is 6.77. The molecule has 0 saturated carbocycles. The summed E-state index contributed by atoms with van der Waals surface area (Å²) in [5.41, 5.74) is 5.05. The van der Waals surface area contributed by atoms with E-state index in [1.807, 2.05) is 32.9 Å². The summed E-state index contributed by atoms with van der Waals surface area (Å²) >= 11 is 0. The molecule has 0 spiro atoms. The van der Waals surface area contributed by atoms with Gasteiger partial charge in [-0.05, 0) is 61.7 Å². The third kappa shape index (κ3) is 3.13. The van der Waals surface area contributed by atoms with Crippen LogP contribution in [0.3, 0.4) is 0 Å². The highest BCUT2D eigenvalue weighted by molar-refractivity contribution is 6.02. The maximum Gasteiger partial charge on any atom is 0.265 e. The van der Waals surface area contributed by atoms with Crippen molar-refractivity contribution in [3.8, 4) is 5.75 Å². The predicted octanol–water partition coefficient (Wildman–Crippen LogP) is 3.07. The van der Waals surface area contributed by atoms with Crippen LogP contribution in [0.4, 0.5) is 5.69 Å². The Hall–Kier alpha value is -3.22. The molecule has 4 rings (SSSR count). The van der Waals surface area contributed by atoms with Crippen molar-refractivity contribution in [1.82, 2.24) is 15.0 Å². The molecule has 144 valence electrons. The first-order valence-corrected chi connectivity index (χ1v) is 9.38. The van der Waals surface area contributed by atoms with Gasteiger partial charge in [0, 0.05) is 12.1 Å². The molecule has 0 aliphatic carbocycles. The van der Waals surface area contributed by atoms with Crippen molar-refractivity contribution in [1.29, 1.82) is 0 Å². The summed E-state index contributed by atoms with van der Waals surface area (Å²) in [4.78, 5) is 26.8. The Balaban J connectivity index is 1.64. The normalized spacial score (nSPS) is 13.5. The maximum absolute atomic E-state index is 12.9. The van der Waals surface area contributed by atoms with Gasteiger partial charge in [-0.25, -0.2) is 4.68 Å². The van der Waals surface area contributed by atoms with Crippen LogP contribution in [0.15, 0.2) is 30.3 Å². The standard InChI is InChI=1S/C21H22N4O3/c1-4-7-24-18-10-15(5-6-20(18)28-12-21(24)27)19(26)11-25-17-9-14(3)13(2)8-16(17)22-23-25/h5-6,8-10H,4,7,11-12H2,1-3H3. The van der Waals surface area contributed by atoms with Crippen LogP contribution in [0.5, 0.6) is 5.75 Å². The fourth-order valence-corrected chi connectivity index (χ4v) is 3.41. The topological polar surface area (TPSA) is 77.3 Å². The maximum atomic E-state index is 12.9. The Labute approximate surface area is 162 Å². The SMILES string of the molecule is CCCN1C(=O)COc2ccc(C(=O)Cn3nnc4cc(C)c(C)cc43)cc21. The Kier molecular flexibility index (Phi) is 4.58. The molecule has 2 heterocycles. The number of ketones is 1. The Morgan fingerprint density at radius 1 is 1.18 bits per heavy atom. The quantitative estimate of drug-likeness (QED) is 0.638. The number of nitrogens with zero attached hydrogens (tertiary/aromatic N) is 4. The van der Waals surface area contributed by atoms with Crippen LogP contribution in [-0.4, -0.2) is 39.8 Å². The fraction of sp³-hybridized carbons (Fsp3) is 0.333. The van der Waals surface area contributed by atoms with E-state index >= 15 is 0 Å². The van der Waals surface area contributed by atoms with Crippen molar-refractivity contribution in [2.45, 2.75) is 33.7 Å². The molecule has 0 radical (unpaired) electrons. The lowest BCUT2D eigenvalue weighted by molar-refractivity contribution is -0.121. The zero-order valence-corrected chi connectivity index (χ0v) is 16.2. The average Bonchev–Trinajstić information content (AvgIpc) is 3.05. The molecular formula is C21H22N4O3. The number of hydrogen-bond acceptors (Lipinski definition) is 5. The first kappa shape index (κ1) is 18.2. The second kappa shape index (κ2) is 7.07. The van der Waals surface area contributed by atoms with Crippen molar-refractivity contribution in [2.24, 2.45) is 0 Å². The summed E-state index contributed by atoms with van der Waals surface area (Å²) in [7, 11) is 0. The van der Waals surface area contributed by atoms with Crippen LogP contribution in [0.1, 0.15) is 34.8 Å². The Bertz CT molecular complexity index is 1090. The highest BCUT2D eigenvalue weighted by Gasteiger charge is 2.26. The zero-order valence-electron chi connectivity index (χ0n) is 16.2. The lowest BCUT2D eigenvalue weighted by Crippen LogP contribution is -2.39. The first-order valence-electron chi connectivity index (χ1n) is 9.38. The number of amides is 1. The van der Waals surface area contributed by atoms with Crippen LogP contribution >= 0.6 is 0 Å². The molecular weight excluding hydrogens is 356 g/mol. The molecule has 7 heteroatoms. The number of ether oxygens (including phenoxy) is 1. The Morgan fingerprint density at radius 2 is 1.96 bits per heavy atom. The van der Waals surface area contributed by atoms with Gasteiger partial charge in [0.25, 0.3) is 5.91 Å². The average molecular weight is 378 g/mol. The number of benzene rings is 2. The van der Waals surface area contributed by atoms with E-state index in [4.69, 9.17) is 4.74 Å². The number of fused-ring (bicyclic) bond motifs is 2. The number of carbonyl (C=O) groups is 2. The monoisotopic (exact) mass is 378 g/mol. The molecule has 0 atom stereocenters. The number of rotatable bonds is 5. The van der Waals surface area contributed by atoms with Crippen LogP contribution in [0.25, 0.3) is 11.0 Å². The fourth-order valence-electron chi connectivity index (χ4n) is 3.41. The number of carbonyl (C=O) groups excluding carboxylic acids is 2. The van der Waals surface area contributed by atoms with Gasteiger partial charge in [-0.3, -0.25) is 9.59 Å². The highest BCUT2D eigenvalue weighted by Crippen LogP contribution is 2.33. The van der Waals surface area contributed by atoms with E-state index in [9.17, 15) is 9.59 Å². The van der Waals surface area contributed by atoms with Gasteiger partial charge in [0.05, 0.1) is 11.2 Å². The van der Waals surface area contributed by atoms with Gasteiger partial charge in [0.2, 0.25) is 0 Å². The molecule has 0 fully saturated rings. The summed E-state index contributed by atoms with van der Waals surface area (Å²) < 4.78 is 7.12. The minimum atomic E-state index is -0.0951. The first-order chi connectivity index (χ1) is 13.5.